The molecule has 1 amide bonds. The van der Waals surface area contributed by atoms with E-state index in [-0.39, 0.29) is 12.5 Å². The highest BCUT2D eigenvalue weighted by molar-refractivity contribution is 5.86. The summed E-state index contributed by atoms with van der Waals surface area (Å²) in [6, 6.07) is 0. The Kier molecular flexibility index (Phi) is 4.51. The molecule has 4 nitrogen and oxygen atoms in total. The fraction of sp³-hybridized carbons (Fsp3) is 0.933. The Morgan fingerprint density at radius 2 is 1.95 bits per heavy atom. The molecule has 19 heavy (non-hydrogen) atoms. The summed E-state index contributed by atoms with van der Waals surface area (Å²) in [4.78, 5) is 12.5. The quantitative estimate of drug-likeness (QED) is 0.729. The van der Waals surface area contributed by atoms with Crippen molar-refractivity contribution in [2.24, 2.45) is 11.7 Å². The maximum absolute atomic E-state index is 12.5. The van der Waals surface area contributed by atoms with Crippen LogP contribution < -0.4 is 11.1 Å². The van der Waals surface area contributed by atoms with Crippen LogP contribution >= 0.6 is 0 Å². The van der Waals surface area contributed by atoms with Crippen LogP contribution in [0.5, 0.6) is 0 Å². The third-order valence-corrected chi connectivity index (χ3v) is 4.97. The first-order chi connectivity index (χ1) is 9.00. The summed E-state index contributed by atoms with van der Waals surface area (Å²) < 4.78 is 0. The van der Waals surface area contributed by atoms with Gasteiger partial charge in [-0.05, 0) is 31.6 Å². The van der Waals surface area contributed by atoms with Gasteiger partial charge in [-0.1, -0.05) is 39.0 Å². The SMILES string of the molecule is CC1CCCC(CO)(NC(=O)C2(N)CCCCC2)C1. The molecule has 0 saturated heterocycles. The monoisotopic (exact) mass is 268 g/mol. The number of carbonyl (C=O) groups is 1. The molecule has 0 spiro atoms. The van der Waals surface area contributed by atoms with Gasteiger partial charge in [0.25, 0.3) is 0 Å². The second-order valence-electron chi connectivity index (χ2n) is 6.81. The molecule has 0 aromatic rings. The molecule has 0 aliphatic heterocycles. The Bertz CT molecular complexity index is 326. The van der Waals surface area contributed by atoms with Crippen LogP contribution in [0.2, 0.25) is 0 Å². The normalized spacial score (nSPS) is 34.8. The molecule has 2 aliphatic rings. The van der Waals surface area contributed by atoms with E-state index in [1.807, 2.05) is 0 Å². The van der Waals surface area contributed by atoms with Gasteiger partial charge in [-0.15, -0.1) is 0 Å². The largest absolute Gasteiger partial charge is 0.394 e. The summed E-state index contributed by atoms with van der Waals surface area (Å²) in [6.07, 6.45) is 8.78. The second kappa shape index (κ2) is 5.80. The van der Waals surface area contributed by atoms with Gasteiger partial charge in [-0.2, -0.15) is 0 Å². The number of aliphatic hydroxyl groups is 1. The fourth-order valence-corrected chi connectivity index (χ4v) is 3.73. The van der Waals surface area contributed by atoms with Gasteiger partial charge in [0, 0.05) is 0 Å². The average Bonchev–Trinajstić information content (AvgIpc) is 2.39. The van der Waals surface area contributed by atoms with Crippen LogP contribution in [-0.4, -0.2) is 28.7 Å². The lowest BCUT2D eigenvalue weighted by molar-refractivity contribution is -0.131. The Labute approximate surface area is 116 Å². The Hall–Kier alpha value is -0.610. The zero-order chi connectivity index (χ0) is 13.9. The maximum atomic E-state index is 12.5. The van der Waals surface area contributed by atoms with Crippen LogP contribution in [0.4, 0.5) is 0 Å². The van der Waals surface area contributed by atoms with Crippen molar-refractivity contribution in [3.8, 4) is 0 Å². The van der Waals surface area contributed by atoms with Gasteiger partial charge in [0.15, 0.2) is 0 Å². The standard InChI is InChI=1S/C15H28N2O2/c1-12-6-5-7-14(10-12,11-18)17-13(19)15(16)8-3-2-4-9-15/h12,18H,2-11,16H2,1H3,(H,17,19). The maximum Gasteiger partial charge on any atom is 0.240 e. The van der Waals surface area contributed by atoms with Gasteiger partial charge < -0.3 is 16.2 Å². The topological polar surface area (TPSA) is 75.3 Å². The minimum absolute atomic E-state index is 0.0269. The van der Waals surface area contributed by atoms with E-state index in [1.165, 1.54) is 12.8 Å². The van der Waals surface area contributed by atoms with E-state index in [9.17, 15) is 9.90 Å². The highest BCUT2D eigenvalue weighted by Gasteiger charge is 2.42. The van der Waals surface area contributed by atoms with E-state index >= 15 is 0 Å². The number of rotatable bonds is 3. The van der Waals surface area contributed by atoms with Gasteiger partial charge in [0.05, 0.1) is 17.7 Å². The Balaban J connectivity index is 2.03. The Morgan fingerprint density at radius 3 is 2.53 bits per heavy atom. The highest BCUT2D eigenvalue weighted by Crippen LogP contribution is 2.33. The van der Waals surface area contributed by atoms with Crippen LogP contribution in [0.1, 0.15) is 64.7 Å². The van der Waals surface area contributed by atoms with Crippen molar-refractivity contribution in [3.63, 3.8) is 0 Å². The molecule has 4 heteroatoms. The molecule has 2 unspecified atom stereocenters. The lowest BCUT2D eigenvalue weighted by atomic mass is 9.75. The summed E-state index contributed by atoms with van der Waals surface area (Å²) in [6.45, 7) is 2.22. The van der Waals surface area contributed by atoms with E-state index in [1.54, 1.807) is 0 Å². The van der Waals surface area contributed by atoms with E-state index in [0.717, 1.165) is 44.9 Å². The minimum Gasteiger partial charge on any atom is -0.394 e. The summed E-state index contributed by atoms with van der Waals surface area (Å²) in [5, 5.41) is 12.8. The van der Waals surface area contributed by atoms with Crippen LogP contribution in [0.25, 0.3) is 0 Å². The lowest BCUT2D eigenvalue weighted by Gasteiger charge is -2.42. The van der Waals surface area contributed by atoms with Gasteiger partial charge in [-0.3, -0.25) is 4.79 Å². The van der Waals surface area contributed by atoms with Gasteiger partial charge in [-0.25, -0.2) is 0 Å². The van der Waals surface area contributed by atoms with Crippen LogP contribution in [0.15, 0.2) is 0 Å². The zero-order valence-corrected chi connectivity index (χ0v) is 12.1. The van der Waals surface area contributed by atoms with E-state index in [2.05, 4.69) is 12.2 Å². The number of hydrogen-bond donors (Lipinski definition) is 3. The molecule has 2 saturated carbocycles. The first-order valence-electron chi connectivity index (χ1n) is 7.72. The first kappa shape index (κ1) is 14.8. The van der Waals surface area contributed by atoms with Crippen molar-refractivity contribution in [2.75, 3.05) is 6.61 Å². The molecule has 0 radical (unpaired) electrons. The molecule has 2 atom stereocenters. The molecule has 4 N–H and O–H groups in total. The molecule has 2 aliphatic carbocycles. The summed E-state index contributed by atoms with van der Waals surface area (Å²) in [5.74, 6) is 0.511. The van der Waals surface area contributed by atoms with E-state index in [0.29, 0.717) is 5.92 Å². The third kappa shape index (κ3) is 3.29. The predicted molar refractivity (Wildman–Crippen MR) is 75.6 cm³/mol. The first-order valence-corrected chi connectivity index (χ1v) is 7.72. The number of hydrogen-bond acceptors (Lipinski definition) is 3. The van der Waals surface area contributed by atoms with Crippen LogP contribution in [0.3, 0.4) is 0 Å². The molecule has 0 heterocycles. The Morgan fingerprint density at radius 1 is 1.26 bits per heavy atom. The second-order valence-corrected chi connectivity index (χ2v) is 6.81. The lowest BCUT2D eigenvalue weighted by Crippen LogP contribution is -2.63. The van der Waals surface area contributed by atoms with Gasteiger partial charge in [0.2, 0.25) is 5.91 Å². The number of nitrogens with two attached hydrogens (primary N) is 1. The van der Waals surface area contributed by atoms with E-state index in [4.69, 9.17) is 5.73 Å². The van der Waals surface area contributed by atoms with Crippen molar-refractivity contribution in [3.05, 3.63) is 0 Å². The average molecular weight is 268 g/mol. The third-order valence-electron chi connectivity index (χ3n) is 4.97. The zero-order valence-electron chi connectivity index (χ0n) is 12.1. The summed E-state index contributed by atoms with van der Waals surface area (Å²) in [5.41, 5.74) is 5.14. The van der Waals surface area contributed by atoms with Crippen molar-refractivity contribution >= 4 is 5.91 Å². The minimum atomic E-state index is -0.707. The van der Waals surface area contributed by atoms with Crippen LogP contribution in [0, 0.1) is 5.92 Å². The summed E-state index contributed by atoms with van der Waals surface area (Å²) >= 11 is 0. The van der Waals surface area contributed by atoms with Crippen molar-refractivity contribution < 1.29 is 9.90 Å². The molecular formula is C15H28N2O2. The van der Waals surface area contributed by atoms with Crippen molar-refractivity contribution in [2.45, 2.75) is 75.8 Å². The van der Waals surface area contributed by atoms with Crippen molar-refractivity contribution in [1.29, 1.82) is 0 Å². The van der Waals surface area contributed by atoms with E-state index < -0.39 is 11.1 Å². The van der Waals surface area contributed by atoms with Crippen LogP contribution in [-0.2, 0) is 4.79 Å². The number of aliphatic hydroxyl groups excluding tert-OH is 1. The number of nitrogens with one attached hydrogen (secondary N) is 1. The summed E-state index contributed by atoms with van der Waals surface area (Å²) in [7, 11) is 0. The molecule has 0 aromatic carbocycles. The molecule has 2 fully saturated rings. The molecular weight excluding hydrogens is 240 g/mol. The smallest absolute Gasteiger partial charge is 0.240 e. The number of amides is 1. The molecule has 0 aromatic heterocycles. The number of carbonyl (C=O) groups excluding carboxylic acids is 1. The molecule has 2 rings (SSSR count). The van der Waals surface area contributed by atoms with Gasteiger partial charge in [0.1, 0.15) is 0 Å². The molecule has 0 bridgehead atoms. The fourth-order valence-electron chi connectivity index (χ4n) is 3.73. The van der Waals surface area contributed by atoms with Gasteiger partial charge >= 0.3 is 0 Å². The van der Waals surface area contributed by atoms with Crippen molar-refractivity contribution in [1.82, 2.24) is 5.32 Å². The predicted octanol–water partition coefficient (Wildman–Crippen LogP) is 1.71. The molecule has 110 valence electrons. The highest BCUT2D eigenvalue weighted by atomic mass is 16.3.